The Balaban J connectivity index is 4.31. The van der Waals surface area contributed by atoms with Crippen molar-refractivity contribution in [3.63, 3.8) is 0 Å². The molecule has 10 nitrogen and oxygen atoms in total. The van der Waals surface area contributed by atoms with Crippen LogP contribution in [0, 0.1) is 5.41 Å². The van der Waals surface area contributed by atoms with Crippen LogP contribution in [-0.2, 0) is 38.2 Å². The Labute approximate surface area is 159 Å². The molecule has 0 saturated heterocycles. The third-order valence-corrected chi connectivity index (χ3v) is 4.62. The summed E-state index contributed by atoms with van der Waals surface area (Å²) in [5, 5.41) is 12.6. The quantitative estimate of drug-likeness (QED) is 0.238. The minimum atomic E-state index is -3.87. The first-order chi connectivity index (χ1) is 12.4. The predicted octanol–water partition coefficient (Wildman–Crippen LogP) is -0.257. The van der Waals surface area contributed by atoms with Gasteiger partial charge in [-0.3, -0.25) is 13.8 Å². The van der Waals surface area contributed by atoms with Gasteiger partial charge in [-0.25, -0.2) is 4.79 Å². The Morgan fingerprint density at radius 3 is 2.22 bits per heavy atom. The molecular formula is C16H29NO9S. The number of amides is 1. The van der Waals surface area contributed by atoms with Crippen LogP contribution in [0.1, 0.15) is 40.5 Å². The van der Waals surface area contributed by atoms with Crippen molar-refractivity contribution in [3.05, 3.63) is 0 Å². The maximum Gasteiger partial charge on any atom is 0.335 e. The minimum absolute atomic E-state index is 0.0540. The highest BCUT2D eigenvalue weighted by Crippen LogP contribution is 2.23. The molecule has 0 saturated carbocycles. The summed E-state index contributed by atoms with van der Waals surface area (Å²) in [6, 6.07) is 0. The summed E-state index contributed by atoms with van der Waals surface area (Å²) in [6.45, 7) is 5.32. The molecule has 0 radical (unpaired) electrons. The minimum Gasteiger partial charge on any atom is -0.466 e. The van der Waals surface area contributed by atoms with E-state index in [1.165, 1.54) is 27.7 Å². The van der Waals surface area contributed by atoms with Crippen molar-refractivity contribution < 1.29 is 41.6 Å². The summed E-state index contributed by atoms with van der Waals surface area (Å²) in [6.07, 6.45) is -1.15. The Kier molecular flexibility index (Phi) is 11.1. The molecule has 0 unspecified atom stereocenters. The first kappa shape index (κ1) is 25.3. The molecule has 0 aliphatic rings. The average Bonchev–Trinajstić information content (AvgIpc) is 2.55. The number of hydrogen-bond donors (Lipinski definition) is 2. The van der Waals surface area contributed by atoms with Crippen molar-refractivity contribution in [2.45, 2.75) is 46.6 Å². The van der Waals surface area contributed by atoms with Crippen molar-refractivity contribution in [2.24, 2.45) is 5.41 Å². The molecule has 0 aromatic carbocycles. The maximum atomic E-state index is 11.9. The molecule has 11 heteroatoms. The number of hydrogen-bond acceptors (Lipinski definition) is 9. The van der Waals surface area contributed by atoms with Crippen molar-refractivity contribution in [1.82, 2.24) is 5.32 Å². The first-order valence-corrected chi connectivity index (χ1v) is 10.0. The van der Waals surface area contributed by atoms with Crippen LogP contribution in [0.15, 0.2) is 0 Å². The van der Waals surface area contributed by atoms with Crippen LogP contribution in [0.2, 0.25) is 0 Å². The summed E-state index contributed by atoms with van der Waals surface area (Å²) in [5.41, 5.74) is -1.21. The number of esters is 2. The molecule has 0 heterocycles. The summed E-state index contributed by atoms with van der Waals surface area (Å²) < 4.78 is 38.1. The number of aliphatic hydroxyl groups excluding tert-OH is 1. The molecule has 27 heavy (non-hydrogen) atoms. The molecule has 158 valence electrons. The van der Waals surface area contributed by atoms with E-state index in [4.69, 9.17) is 8.92 Å². The van der Waals surface area contributed by atoms with Gasteiger partial charge in [-0.1, -0.05) is 13.8 Å². The van der Waals surface area contributed by atoms with Gasteiger partial charge in [-0.2, -0.15) is 8.42 Å². The molecule has 2 N–H and O–H groups in total. The summed E-state index contributed by atoms with van der Waals surface area (Å²) in [5.74, 6) is -1.93. The molecule has 1 atom stereocenters. The molecule has 0 aliphatic heterocycles. The first-order valence-electron chi connectivity index (χ1n) is 8.47. The molecule has 0 aliphatic carbocycles. The van der Waals surface area contributed by atoms with E-state index in [9.17, 15) is 27.9 Å². The molecule has 1 amide bonds. The normalized spacial score (nSPS) is 12.9. The van der Waals surface area contributed by atoms with E-state index in [1.54, 1.807) is 0 Å². The zero-order valence-corrected chi connectivity index (χ0v) is 17.0. The molecule has 0 aromatic rings. The molecular weight excluding hydrogens is 382 g/mol. The van der Waals surface area contributed by atoms with Crippen LogP contribution >= 0.6 is 0 Å². The van der Waals surface area contributed by atoms with Gasteiger partial charge in [0, 0.05) is 32.2 Å². The highest BCUT2D eigenvalue weighted by atomic mass is 32.2. The van der Waals surface area contributed by atoms with Crippen LogP contribution in [-0.4, -0.2) is 69.6 Å². The van der Waals surface area contributed by atoms with Crippen LogP contribution in [0.25, 0.3) is 0 Å². The number of rotatable bonds is 13. The zero-order chi connectivity index (χ0) is 21.1. The Morgan fingerprint density at radius 1 is 1.07 bits per heavy atom. The summed E-state index contributed by atoms with van der Waals surface area (Å²) in [4.78, 5) is 33.2. The maximum absolute atomic E-state index is 11.9. The van der Waals surface area contributed by atoms with E-state index in [2.05, 4.69) is 10.1 Å². The van der Waals surface area contributed by atoms with E-state index in [0.29, 0.717) is 0 Å². The lowest BCUT2D eigenvalue weighted by Gasteiger charge is -2.28. The predicted molar refractivity (Wildman–Crippen MR) is 95.0 cm³/mol. The van der Waals surface area contributed by atoms with Gasteiger partial charge in [-0.15, -0.1) is 0 Å². The van der Waals surface area contributed by atoms with Gasteiger partial charge in [0.25, 0.3) is 10.1 Å². The van der Waals surface area contributed by atoms with Gasteiger partial charge < -0.3 is 19.9 Å². The SMILES string of the molecule is CC(=O)NCCCS(=O)(=O)OCC(C)(C)[C@@H](O)C(=O)OCCCOC(C)=O. The fourth-order valence-electron chi connectivity index (χ4n) is 1.74. The van der Waals surface area contributed by atoms with Gasteiger partial charge in [0.05, 0.1) is 25.6 Å². The van der Waals surface area contributed by atoms with Gasteiger partial charge in [-0.05, 0) is 6.42 Å². The van der Waals surface area contributed by atoms with Crippen LogP contribution in [0.5, 0.6) is 0 Å². The average molecular weight is 411 g/mol. The molecule has 0 aromatic heterocycles. The van der Waals surface area contributed by atoms with E-state index < -0.39 is 40.2 Å². The largest absolute Gasteiger partial charge is 0.466 e. The smallest absolute Gasteiger partial charge is 0.335 e. The number of ether oxygens (including phenoxy) is 2. The van der Waals surface area contributed by atoms with E-state index in [1.807, 2.05) is 0 Å². The van der Waals surface area contributed by atoms with Gasteiger partial charge in [0.1, 0.15) is 0 Å². The third-order valence-electron chi connectivity index (χ3n) is 3.36. The second-order valence-corrected chi connectivity index (χ2v) is 8.37. The van der Waals surface area contributed by atoms with Crippen LogP contribution in [0.4, 0.5) is 0 Å². The number of aliphatic hydroxyl groups is 1. The fourth-order valence-corrected chi connectivity index (χ4v) is 2.84. The highest BCUT2D eigenvalue weighted by molar-refractivity contribution is 7.86. The second-order valence-electron chi connectivity index (χ2n) is 6.61. The lowest BCUT2D eigenvalue weighted by Crippen LogP contribution is -2.41. The second kappa shape index (κ2) is 11.9. The van der Waals surface area contributed by atoms with E-state index in [-0.39, 0.29) is 44.3 Å². The molecule has 0 spiro atoms. The summed E-state index contributed by atoms with van der Waals surface area (Å²) in [7, 11) is -3.87. The standard InChI is InChI=1S/C16H29NO9S/c1-12(18)17-7-5-10-27(22,23)26-11-16(3,4)14(20)15(21)25-9-6-8-24-13(2)19/h14,20H,5-11H2,1-4H3,(H,17,18)/t14-/m0/s1. The fraction of sp³-hybridized carbons (Fsp3) is 0.812. The zero-order valence-electron chi connectivity index (χ0n) is 16.1. The topological polar surface area (TPSA) is 145 Å². The summed E-state index contributed by atoms with van der Waals surface area (Å²) >= 11 is 0. The highest BCUT2D eigenvalue weighted by Gasteiger charge is 2.36. The molecule has 0 rings (SSSR count). The lowest BCUT2D eigenvalue weighted by molar-refractivity contribution is -0.161. The molecule has 0 bridgehead atoms. The Morgan fingerprint density at radius 2 is 1.67 bits per heavy atom. The Bertz CT molecular complexity index is 601. The van der Waals surface area contributed by atoms with E-state index >= 15 is 0 Å². The van der Waals surface area contributed by atoms with Crippen molar-refractivity contribution in [1.29, 1.82) is 0 Å². The number of carbonyl (C=O) groups excluding carboxylic acids is 3. The third kappa shape index (κ3) is 12.3. The van der Waals surface area contributed by atoms with E-state index in [0.717, 1.165) is 0 Å². The van der Waals surface area contributed by atoms with Crippen molar-refractivity contribution in [3.8, 4) is 0 Å². The van der Waals surface area contributed by atoms with Crippen LogP contribution in [0.3, 0.4) is 0 Å². The Hall–Kier alpha value is -1.72. The van der Waals surface area contributed by atoms with Gasteiger partial charge >= 0.3 is 11.9 Å². The van der Waals surface area contributed by atoms with Crippen LogP contribution < -0.4 is 5.32 Å². The van der Waals surface area contributed by atoms with Gasteiger partial charge in [0.2, 0.25) is 5.91 Å². The lowest BCUT2D eigenvalue weighted by atomic mass is 9.88. The monoisotopic (exact) mass is 411 g/mol. The number of carbonyl (C=O) groups is 3. The van der Waals surface area contributed by atoms with Crippen molar-refractivity contribution >= 4 is 28.0 Å². The van der Waals surface area contributed by atoms with Gasteiger partial charge in [0.15, 0.2) is 6.10 Å². The van der Waals surface area contributed by atoms with Crippen molar-refractivity contribution in [2.75, 3.05) is 32.1 Å². The molecule has 0 fully saturated rings. The number of nitrogens with one attached hydrogen (secondary N) is 1.